The number of nitrogens with one attached hydrogen (secondary N) is 2. The molecular formula is C15H22N4O2. The average molecular weight is 290 g/mol. The van der Waals surface area contributed by atoms with E-state index in [0.29, 0.717) is 13.2 Å². The second-order valence-electron chi connectivity index (χ2n) is 4.46. The van der Waals surface area contributed by atoms with Crippen molar-refractivity contribution in [3.8, 4) is 11.5 Å². The molecular weight excluding hydrogens is 268 g/mol. The smallest absolute Gasteiger partial charge is 0.161 e. The third kappa shape index (κ3) is 3.72. The molecule has 0 aliphatic heterocycles. The molecule has 1 atom stereocenters. The SMILES string of the molecule is CCNC(c1ccc(OCC)c(OCC)c1)c1cn[nH]n1. The Hall–Kier alpha value is -2.08. The third-order valence-electron chi connectivity index (χ3n) is 3.04. The maximum Gasteiger partial charge on any atom is 0.161 e. The van der Waals surface area contributed by atoms with Crippen molar-refractivity contribution in [1.29, 1.82) is 0 Å². The zero-order valence-electron chi connectivity index (χ0n) is 12.7. The first-order valence-corrected chi connectivity index (χ1v) is 7.28. The monoisotopic (exact) mass is 290 g/mol. The van der Waals surface area contributed by atoms with Gasteiger partial charge >= 0.3 is 0 Å². The minimum atomic E-state index is -0.0244. The molecule has 1 aromatic heterocycles. The minimum absolute atomic E-state index is 0.0244. The Morgan fingerprint density at radius 2 is 1.90 bits per heavy atom. The summed E-state index contributed by atoms with van der Waals surface area (Å²) >= 11 is 0. The van der Waals surface area contributed by atoms with Gasteiger partial charge in [-0.2, -0.15) is 15.4 Å². The van der Waals surface area contributed by atoms with Gasteiger partial charge in [-0.15, -0.1) is 0 Å². The third-order valence-corrected chi connectivity index (χ3v) is 3.04. The molecule has 0 bridgehead atoms. The Morgan fingerprint density at radius 3 is 2.52 bits per heavy atom. The molecule has 2 N–H and O–H groups in total. The van der Waals surface area contributed by atoms with E-state index in [9.17, 15) is 0 Å². The largest absolute Gasteiger partial charge is 0.490 e. The zero-order valence-corrected chi connectivity index (χ0v) is 12.7. The van der Waals surface area contributed by atoms with Crippen LogP contribution in [0.4, 0.5) is 0 Å². The lowest BCUT2D eigenvalue weighted by Crippen LogP contribution is -2.22. The summed E-state index contributed by atoms with van der Waals surface area (Å²) in [6, 6.07) is 5.93. The predicted molar refractivity (Wildman–Crippen MR) is 80.7 cm³/mol. The molecule has 0 aliphatic rings. The number of aromatic nitrogens is 3. The Kier molecular flexibility index (Phi) is 5.57. The molecule has 1 heterocycles. The van der Waals surface area contributed by atoms with Crippen LogP contribution in [-0.4, -0.2) is 35.2 Å². The van der Waals surface area contributed by atoms with Crippen molar-refractivity contribution in [2.45, 2.75) is 26.8 Å². The van der Waals surface area contributed by atoms with E-state index in [0.717, 1.165) is 29.3 Å². The zero-order chi connectivity index (χ0) is 15.1. The fourth-order valence-electron chi connectivity index (χ4n) is 2.19. The standard InChI is InChI=1S/C15H22N4O2/c1-4-16-15(12-10-17-19-18-12)11-7-8-13(20-5-2)14(9-11)21-6-3/h7-10,15-16H,4-6H2,1-3H3,(H,17,18,19). The highest BCUT2D eigenvalue weighted by molar-refractivity contribution is 5.45. The second-order valence-corrected chi connectivity index (χ2v) is 4.46. The summed E-state index contributed by atoms with van der Waals surface area (Å²) in [5, 5.41) is 14.1. The van der Waals surface area contributed by atoms with Gasteiger partial charge in [-0.05, 0) is 38.1 Å². The maximum absolute atomic E-state index is 5.68. The van der Waals surface area contributed by atoms with Crippen LogP contribution in [0, 0.1) is 0 Å². The van der Waals surface area contributed by atoms with Crippen molar-refractivity contribution < 1.29 is 9.47 Å². The quantitative estimate of drug-likeness (QED) is 0.780. The fraction of sp³-hybridized carbons (Fsp3) is 0.467. The van der Waals surface area contributed by atoms with E-state index in [4.69, 9.17) is 9.47 Å². The number of nitrogens with zero attached hydrogens (tertiary/aromatic N) is 2. The molecule has 0 saturated heterocycles. The molecule has 2 aromatic rings. The second kappa shape index (κ2) is 7.64. The molecule has 0 radical (unpaired) electrons. The van der Waals surface area contributed by atoms with Crippen LogP contribution in [0.3, 0.4) is 0 Å². The van der Waals surface area contributed by atoms with Gasteiger partial charge in [0, 0.05) is 0 Å². The van der Waals surface area contributed by atoms with Gasteiger partial charge in [-0.25, -0.2) is 0 Å². The number of ether oxygens (including phenoxy) is 2. The summed E-state index contributed by atoms with van der Waals surface area (Å²) in [6.07, 6.45) is 1.73. The van der Waals surface area contributed by atoms with E-state index in [1.807, 2.05) is 32.0 Å². The summed E-state index contributed by atoms with van der Waals surface area (Å²) in [4.78, 5) is 0. The van der Waals surface area contributed by atoms with Crippen LogP contribution in [0.5, 0.6) is 11.5 Å². The summed E-state index contributed by atoms with van der Waals surface area (Å²) < 4.78 is 11.3. The van der Waals surface area contributed by atoms with Crippen LogP contribution in [0.25, 0.3) is 0 Å². The van der Waals surface area contributed by atoms with Crippen LogP contribution in [0.1, 0.15) is 38.1 Å². The Bertz CT molecular complexity index is 543. The molecule has 1 aromatic carbocycles. The van der Waals surface area contributed by atoms with E-state index in [1.165, 1.54) is 0 Å². The lowest BCUT2D eigenvalue weighted by Gasteiger charge is -2.18. The van der Waals surface area contributed by atoms with Crippen LogP contribution in [0.15, 0.2) is 24.4 Å². The summed E-state index contributed by atoms with van der Waals surface area (Å²) in [5.41, 5.74) is 1.92. The molecule has 0 amide bonds. The lowest BCUT2D eigenvalue weighted by molar-refractivity contribution is 0.287. The van der Waals surface area contributed by atoms with E-state index < -0.39 is 0 Å². The van der Waals surface area contributed by atoms with Crippen LogP contribution in [0.2, 0.25) is 0 Å². The number of aromatic amines is 1. The van der Waals surface area contributed by atoms with Crippen LogP contribution in [-0.2, 0) is 0 Å². The molecule has 0 aliphatic carbocycles. The van der Waals surface area contributed by atoms with Gasteiger partial charge in [0.05, 0.1) is 25.5 Å². The van der Waals surface area contributed by atoms with Gasteiger partial charge in [-0.3, -0.25) is 0 Å². The highest BCUT2D eigenvalue weighted by atomic mass is 16.5. The maximum atomic E-state index is 5.68. The van der Waals surface area contributed by atoms with Gasteiger partial charge in [0.15, 0.2) is 11.5 Å². The van der Waals surface area contributed by atoms with Crippen molar-refractivity contribution >= 4 is 0 Å². The van der Waals surface area contributed by atoms with Crippen molar-refractivity contribution in [3.63, 3.8) is 0 Å². The number of hydrogen-bond acceptors (Lipinski definition) is 5. The lowest BCUT2D eigenvalue weighted by atomic mass is 10.0. The number of rotatable bonds is 8. The highest BCUT2D eigenvalue weighted by Crippen LogP contribution is 2.32. The first-order chi connectivity index (χ1) is 10.3. The van der Waals surface area contributed by atoms with E-state index in [1.54, 1.807) is 6.20 Å². The summed E-state index contributed by atoms with van der Waals surface area (Å²) in [6.45, 7) is 8.01. The van der Waals surface area contributed by atoms with Crippen molar-refractivity contribution in [3.05, 3.63) is 35.7 Å². The van der Waals surface area contributed by atoms with Crippen molar-refractivity contribution in [2.75, 3.05) is 19.8 Å². The predicted octanol–water partition coefficient (Wildman–Crippen LogP) is 2.30. The fourth-order valence-corrected chi connectivity index (χ4v) is 2.19. The molecule has 21 heavy (non-hydrogen) atoms. The molecule has 6 nitrogen and oxygen atoms in total. The van der Waals surface area contributed by atoms with Gasteiger partial charge in [0.25, 0.3) is 0 Å². The Balaban J connectivity index is 2.34. The first kappa shape index (κ1) is 15.3. The van der Waals surface area contributed by atoms with E-state index >= 15 is 0 Å². The van der Waals surface area contributed by atoms with Gasteiger partial charge in [0.1, 0.15) is 5.69 Å². The molecule has 2 rings (SSSR count). The first-order valence-electron chi connectivity index (χ1n) is 7.28. The Labute approximate surface area is 124 Å². The van der Waals surface area contributed by atoms with Gasteiger partial charge in [-0.1, -0.05) is 13.0 Å². The molecule has 0 saturated carbocycles. The van der Waals surface area contributed by atoms with E-state index in [-0.39, 0.29) is 6.04 Å². The van der Waals surface area contributed by atoms with E-state index in [2.05, 4.69) is 27.7 Å². The number of hydrogen-bond donors (Lipinski definition) is 2. The van der Waals surface area contributed by atoms with Crippen molar-refractivity contribution in [2.24, 2.45) is 0 Å². The molecule has 0 spiro atoms. The van der Waals surface area contributed by atoms with Crippen LogP contribution < -0.4 is 14.8 Å². The summed E-state index contributed by atoms with van der Waals surface area (Å²) in [7, 11) is 0. The number of H-pyrrole nitrogens is 1. The average Bonchev–Trinajstić information content (AvgIpc) is 3.01. The molecule has 114 valence electrons. The molecule has 1 unspecified atom stereocenters. The van der Waals surface area contributed by atoms with Gasteiger partial charge < -0.3 is 14.8 Å². The topological polar surface area (TPSA) is 72.1 Å². The van der Waals surface area contributed by atoms with Crippen molar-refractivity contribution in [1.82, 2.24) is 20.7 Å². The summed E-state index contributed by atoms with van der Waals surface area (Å²) in [5.74, 6) is 1.52. The minimum Gasteiger partial charge on any atom is -0.490 e. The molecule has 0 fully saturated rings. The Morgan fingerprint density at radius 1 is 1.14 bits per heavy atom. The molecule has 6 heteroatoms. The van der Waals surface area contributed by atoms with Gasteiger partial charge in [0.2, 0.25) is 0 Å². The normalized spacial score (nSPS) is 12.1. The highest BCUT2D eigenvalue weighted by Gasteiger charge is 2.18. The number of benzene rings is 1. The van der Waals surface area contributed by atoms with Crippen LogP contribution >= 0.6 is 0 Å².